The Balaban J connectivity index is 0.00000288. The molecule has 2 unspecified atom stereocenters. The third-order valence-corrected chi connectivity index (χ3v) is 3.88. The number of amides is 3. The SMILES string of the molecule is CCCC(N)C(=O)NC(C)c1ccc(NC(=O)NC2CC2)cc1.Cl. The van der Waals surface area contributed by atoms with Crippen molar-refractivity contribution in [1.29, 1.82) is 0 Å². The fourth-order valence-electron chi connectivity index (χ4n) is 2.28. The molecule has 134 valence electrons. The van der Waals surface area contributed by atoms with Crippen LogP contribution < -0.4 is 21.7 Å². The zero-order valence-corrected chi connectivity index (χ0v) is 15.0. The van der Waals surface area contributed by atoms with Crippen LogP contribution in [0, 0.1) is 0 Å². The van der Waals surface area contributed by atoms with Gasteiger partial charge in [0.2, 0.25) is 5.91 Å². The maximum absolute atomic E-state index is 11.9. The quantitative estimate of drug-likeness (QED) is 0.606. The van der Waals surface area contributed by atoms with Crippen LogP contribution in [0.5, 0.6) is 0 Å². The van der Waals surface area contributed by atoms with Crippen molar-refractivity contribution in [3.63, 3.8) is 0 Å². The molecule has 0 spiro atoms. The smallest absolute Gasteiger partial charge is 0.319 e. The first-order chi connectivity index (χ1) is 11.0. The first kappa shape index (κ1) is 20.3. The van der Waals surface area contributed by atoms with Gasteiger partial charge >= 0.3 is 6.03 Å². The molecule has 24 heavy (non-hydrogen) atoms. The van der Waals surface area contributed by atoms with Gasteiger partial charge in [-0.05, 0) is 43.9 Å². The van der Waals surface area contributed by atoms with E-state index in [1.807, 2.05) is 38.1 Å². The maximum atomic E-state index is 11.9. The molecule has 1 aliphatic rings. The maximum Gasteiger partial charge on any atom is 0.319 e. The third kappa shape index (κ3) is 6.37. The zero-order chi connectivity index (χ0) is 16.8. The number of carbonyl (C=O) groups excluding carboxylic acids is 2. The van der Waals surface area contributed by atoms with Gasteiger partial charge in [0.05, 0.1) is 12.1 Å². The van der Waals surface area contributed by atoms with Gasteiger partial charge in [-0.3, -0.25) is 4.79 Å². The van der Waals surface area contributed by atoms with E-state index in [0.29, 0.717) is 12.5 Å². The predicted molar refractivity (Wildman–Crippen MR) is 98.3 cm³/mol. The highest BCUT2D eigenvalue weighted by Gasteiger charge is 2.23. The van der Waals surface area contributed by atoms with Crippen LogP contribution in [0.1, 0.15) is 51.1 Å². The van der Waals surface area contributed by atoms with E-state index in [2.05, 4.69) is 16.0 Å². The van der Waals surface area contributed by atoms with Crippen LogP contribution in [-0.2, 0) is 4.79 Å². The van der Waals surface area contributed by atoms with Crippen LogP contribution in [0.3, 0.4) is 0 Å². The Morgan fingerprint density at radius 1 is 1.25 bits per heavy atom. The summed E-state index contributed by atoms with van der Waals surface area (Å²) in [6.45, 7) is 3.92. The summed E-state index contributed by atoms with van der Waals surface area (Å²) in [5.41, 5.74) is 7.51. The van der Waals surface area contributed by atoms with Crippen molar-refractivity contribution in [2.24, 2.45) is 5.73 Å². The minimum Gasteiger partial charge on any atom is -0.348 e. The van der Waals surface area contributed by atoms with E-state index < -0.39 is 6.04 Å². The highest BCUT2D eigenvalue weighted by Crippen LogP contribution is 2.19. The second kappa shape index (κ2) is 9.49. The van der Waals surface area contributed by atoms with Crippen LogP contribution in [0.2, 0.25) is 0 Å². The van der Waals surface area contributed by atoms with Crippen molar-refractivity contribution < 1.29 is 9.59 Å². The number of halogens is 1. The molecule has 7 heteroatoms. The van der Waals surface area contributed by atoms with Crippen LogP contribution in [-0.4, -0.2) is 24.0 Å². The lowest BCUT2D eigenvalue weighted by atomic mass is 10.1. The van der Waals surface area contributed by atoms with Gasteiger partial charge in [0, 0.05) is 11.7 Å². The number of nitrogens with two attached hydrogens (primary N) is 1. The summed E-state index contributed by atoms with van der Waals surface area (Å²) in [7, 11) is 0. The topological polar surface area (TPSA) is 96.2 Å². The molecule has 1 aromatic rings. The second-order valence-electron chi connectivity index (χ2n) is 6.12. The Hall–Kier alpha value is -1.79. The van der Waals surface area contributed by atoms with Gasteiger partial charge in [-0.25, -0.2) is 4.79 Å². The molecule has 1 aliphatic carbocycles. The van der Waals surface area contributed by atoms with Gasteiger partial charge in [-0.2, -0.15) is 0 Å². The molecular weight excluding hydrogens is 328 g/mol. The standard InChI is InChI=1S/C17H26N4O2.ClH/c1-3-4-15(18)16(22)19-11(2)12-5-7-13(8-6-12)20-17(23)21-14-9-10-14;/h5-8,11,14-15H,3-4,9-10,18H2,1-2H3,(H,19,22)(H2,20,21,23);1H. The van der Waals surface area contributed by atoms with Crippen molar-refractivity contribution in [2.45, 2.75) is 57.7 Å². The molecule has 0 radical (unpaired) electrons. The lowest BCUT2D eigenvalue weighted by Crippen LogP contribution is -2.41. The van der Waals surface area contributed by atoms with Crippen molar-refractivity contribution in [3.05, 3.63) is 29.8 Å². The molecule has 5 N–H and O–H groups in total. The normalized spacial score (nSPS) is 15.6. The Morgan fingerprint density at radius 3 is 2.42 bits per heavy atom. The minimum absolute atomic E-state index is 0. The van der Waals surface area contributed by atoms with E-state index in [1.54, 1.807) is 0 Å². The molecule has 2 atom stereocenters. The summed E-state index contributed by atoms with van der Waals surface area (Å²) in [5.74, 6) is -0.134. The molecule has 0 saturated heterocycles. The van der Waals surface area contributed by atoms with Gasteiger partial charge in [0.25, 0.3) is 0 Å². The van der Waals surface area contributed by atoms with Gasteiger partial charge < -0.3 is 21.7 Å². The van der Waals surface area contributed by atoms with E-state index in [1.165, 1.54) is 0 Å². The number of rotatable bonds is 7. The Morgan fingerprint density at radius 2 is 1.88 bits per heavy atom. The number of benzene rings is 1. The Labute approximate surface area is 149 Å². The van der Waals surface area contributed by atoms with Crippen LogP contribution >= 0.6 is 12.4 Å². The Kier molecular flexibility index (Phi) is 8.01. The van der Waals surface area contributed by atoms with E-state index in [4.69, 9.17) is 5.73 Å². The summed E-state index contributed by atoms with van der Waals surface area (Å²) >= 11 is 0. The van der Waals surface area contributed by atoms with Crippen molar-refractivity contribution in [2.75, 3.05) is 5.32 Å². The molecule has 1 saturated carbocycles. The molecule has 0 bridgehead atoms. The largest absolute Gasteiger partial charge is 0.348 e. The number of nitrogens with one attached hydrogen (secondary N) is 3. The van der Waals surface area contributed by atoms with Gasteiger partial charge in [-0.1, -0.05) is 25.5 Å². The zero-order valence-electron chi connectivity index (χ0n) is 14.2. The van der Waals surface area contributed by atoms with Crippen LogP contribution in [0.15, 0.2) is 24.3 Å². The van der Waals surface area contributed by atoms with Gasteiger partial charge in [0.1, 0.15) is 0 Å². The van der Waals surface area contributed by atoms with Crippen LogP contribution in [0.4, 0.5) is 10.5 Å². The first-order valence-corrected chi connectivity index (χ1v) is 8.23. The minimum atomic E-state index is -0.463. The molecule has 2 rings (SSSR count). The highest BCUT2D eigenvalue weighted by atomic mass is 35.5. The first-order valence-electron chi connectivity index (χ1n) is 8.23. The number of hydrogen-bond donors (Lipinski definition) is 4. The molecular formula is C17H27ClN4O2. The summed E-state index contributed by atoms with van der Waals surface area (Å²) in [4.78, 5) is 23.6. The van der Waals surface area contributed by atoms with Gasteiger partial charge in [-0.15, -0.1) is 12.4 Å². The molecule has 0 heterocycles. The summed E-state index contributed by atoms with van der Waals surface area (Å²) in [6, 6.07) is 7.01. The fourth-order valence-corrected chi connectivity index (χ4v) is 2.28. The fraction of sp³-hybridized carbons (Fsp3) is 0.529. The lowest BCUT2D eigenvalue weighted by Gasteiger charge is -2.18. The summed E-state index contributed by atoms with van der Waals surface area (Å²) < 4.78 is 0. The van der Waals surface area contributed by atoms with E-state index in [9.17, 15) is 9.59 Å². The second-order valence-corrected chi connectivity index (χ2v) is 6.12. The molecule has 3 amide bonds. The number of carbonyl (C=O) groups is 2. The molecule has 0 aromatic heterocycles. The third-order valence-electron chi connectivity index (χ3n) is 3.88. The predicted octanol–water partition coefficient (Wildman–Crippen LogP) is 2.70. The van der Waals surface area contributed by atoms with E-state index >= 15 is 0 Å². The Bertz CT molecular complexity index is 546. The van der Waals surface area contributed by atoms with Gasteiger partial charge in [0.15, 0.2) is 0 Å². The average molecular weight is 355 g/mol. The molecule has 6 nitrogen and oxygen atoms in total. The number of anilines is 1. The number of urea groups is 1. The van der Waals surface area contributed by atoms with Crippen molar-refractivity contribution >= 4 is 30.0 Å². The van der Waals surface area contributed by atoms with E-state index in [0.717, 1.165) is 30.5 Å². The molecule has 1 fully saturated rings. The summed E-state index contributed by atoms with van der Waals surface area (Å²) in [6.07, 6.45) is 3.68. The van der Waals surface area contributed by atoms with E-state index in [-0.39, 0.29) is 30.4 Å². The monoisotopic (exact) mass is 354 g/mol. The summed E-state index contributed by atoms with van der Waals surface area (Å²) in [5, 5.41) is 8.58. The van der Waals surface area contributed by atoms with Crippen molar-refractivity contribution in [1.82, 2.24) is 10.6 Å². The molecule has 1 aromatic carbocycles. The van der Waals surface area contributed by atoms with Crippen LogP contribution in [0.25, 0.3) is 0 Å². The lowest BCUT2D eigenvalue weighted by molar-refractivity contribution is -0.123. The van der Waals surface area contributed by atoms with Crippen molar-refractivity contribution in [3.8, 4) is 0 Å². The number of hydrogen-bond acceptors (Lipinski definition) is 3. The molecule has 0 aliphatic heterocycles. The highest BCUT2D eigenvalue weighted by molar-refractivity contribution is 5.89. The average Bonchev–Trinajstić information content (AvgIpc) is 3.31.